The molecule has 168 valence electrons. The summed E-state index contributed by atoms with van der Waals surface area (Å²) < 4.78 is 10.1. The maximum absolute atomic E-state index is 12.3. The molecule has 0 bridgehead atoms. The van der Waals surface area contributed by atoms with Crippen molar-refractivity contribution >= 4 is 17.6 Å². The second-order valence-corrected chi connectivity index (χ2v) is 7.21. The zero-order chi connectivity index (χ0) is 22.7. The first-order chi connectivity index (χ1) is 14.2. The molecule has 0 saturated heterocycles. The number of carbonyl (C=O) groups excluding carboxylic acids is 2. The molecule has 1 aromatic rings. The fourth-order valence-electron chi connectivity index (χ4n) is 2.84. The van der Waals surface area contributed by atoms with Crippen LogP contribution in [0.25, 0.3) is 0 Å². The first kappa shape index (κ1) is 25.5. The van der Waals surface area contributed by atoms with Gasteiger partial charge in [0.25, 0.3) is 5.91 Å². The van der Waals surface area contributed by atoms with E-state index in [2.05, 4.69) is 10.5 Å². The Bertz CT molecular complexity index is 692. The van der Waals surface area contributed by atoms with Crippen molar-refractivity contribution in [1.29, 1.82) is 0 Å². The highest BCUT2D eigenvalue weighted by atomic mass is 16.6. The highest BCUT2D eigenvalue weighted by molar-refractivity contribution is 5.93. The van der Waals surface area contributed by atoms with Crippen molar-refractivity contribution in [2.24, 2.45) is 11.1 Å². The number of hydrogen-bond acceptors (Lipinski definition) is 8. The molecule has 1 amide bonds. The van der Waals surface area contributed by atoms with E-state index in [4.69, 9.17) is 14.3 Å². The van der Waals surface area contributed by atoms with E-state index in [1.165, 1.54) is 21.1 Å². The maximum Gasteiger partial charge on any atom is 0.328 e. The second-order valence-electron chi connectivity index (χ2n) is 7.21. The van der Waals surface area contributed by atoms with Gasteiger partial charge in [0, 0.05) is 13.5 Å². The molecule has 1 rings (SSSR count). The number of nitrogens with zero attached hydrogens (tertiary/aromatic N) is 1. The standard InChI is InChI=1S/C21H32N2O7/c1-13(2)20(28-4)18(19(26)14(3)24)23-30-12-17(25)22-16(21(27)29-5)11-15-9-7-6-8-10-15/h6-10,13-14,16,19-20,24,26H,11-12H2,1-5H3,(H,22,25)/b23-18+/t14?,16-,19?,20-/m0/s1. The quantitative estimate of drug-likeness (QED) is 0.256. The van der Waals surface area contributed by atoms with Crippen LogP contribution in [0.5, 0.6) is 0 Å². The minimum Gasteiger partial charge on any atom is -0.467 e. The summed E-state index contributed by atoms with van der Waals surface area (Å²) in [6.45, 7) is 4.63. The number of benzene rings is 1. The van der Waals surface area contributed by atoms with Gasteiger partial charge in [-0.1, -0.05) is 49.3 Å². The van der Waals surface area contributed by atoms with Crippen molar-refractivity contribution in [3.8, 4) is 0 Å². The summed E-state index contributed by atoms with van der Waals surface area (Å²) in [5.41, 5.74) is 0.929. The molecule has 0 saturated carbocycles. The molecule has 0 aliphatic heterocycles. The third kappa shape index (κ3) is 8.10. The topological polar surface area (TPSA) is 127 Å². The molecule has 0 spiro atoms. The molecular formula is C21H32N2O7. The highest BCUT2D eigenvalue weighted by Gasteiger charge is 2.30. The van der Waals surface area contributed by atoms with Gasteiger partial charge in [0.15, 0.2) is 6.61 Å². The van der Waals surface area contributed by atoms with E-state index in [1.54, 1.807) is 0 Å². The van der Waals surface area contributed by atoms with Gasteiger partial charge in [0.05, 0.1) is 13.2 Å². The Hall–Kier alpha value is -2.49. The van der Waals surface area contributed by atoms with E-state index < -0.39 is 42.8 Å². The molecule has 30 heavy (non-hydrogen) atoms. The van der Waals surface area contributed by atoms with Crippen LogP contribution in [-0.2, 0) is 30.3 Å². The van der Waals surface area contributed by atoms with Crippen molar-refractivity contribution < 1.29 is 34.1 Å². The van der Waals surface area contributed by atoms with Crippen molar-refractivity contribution in [2.75, 3.05) is 20.8 Å². The second kappa shape index (κ2) is 12.9. The summed E-state index contributed by atoms with van der Waals surface area (Å²) in [5, 5.41) is 26.3. The average molecular weight is 424 g/mol. The number of hydrogen-bond donors (Lipinski definition) is 3. The smallest absolute Gasteiger partial charge is 0.328 e. The predicted molar refractivity (Wildman–Crippen MR) is 111 cm³/mol. The summed E-state index contributed by atoms with van der Waals surface area (Å²) in [4.78, 5) is 29.4. The van der Waals surface area contributed by atoms with Gasteiger partial charge < -0.3 is 29.8 Å². The SMILES string of the molecule is COC(=O)[C@H](Cc1ccccc1)NC(=O)CO/N=C(\C(O)C(C)O)[C@@H](OC)C(C)C. The van der Waals surface area contributed by atoms with Crippen LogP contribution in [0.3, 0.4) is 0 Å². The van der Waals surface area contributed by atoms with Crippen LogP contribution in [0, 0.1) is 5.92 Å². The van der Waals surface area contributed by atoms with Crippen LogP contribution in [-0.4, -0.2) is 73.0 Å². The summed E-state index contributed by atoms with van der Waals surface area (Å²) in [6, 6.07) is 8.30. The monoisotopic (exact) mass is 424 g/mol. The number of nitrogens with one attached hydrogen (secondary N) is 1. The maximum atomic E-state index is 12.3. The molecule has 3 N–H and O–H groups in total. The number of amides is 1. The van der Waals surface area contributed by atoms with E-state index in [0.717, 1.165) is 5.56 Å². The van der Waals surface area contributed by atoms with Crippen molar-refractivity contribution in [1.82, 2.24) is 5.32 Å². The summed E-state index contributed by atoms with van der Waals surface area (Å²) in [7, 11) is 2.69. The van der Waals surface area contributed by atoms with E-state index in [-0.39, 0.29) is 18.1 Å². The molecule has 9 nitrogen and oxygen atoms in total. The normalized spacial score (nSPS) is 15.8. The Morgan fingerprint density at radius 3 is 2.23 bits per heavy atom. The zero-order valence-electron chi connectivity index (χ0n) is 18.1. The predicted octanol–water partition coefficient (Wildman–Crippen LogP) is 0.672. The number of carbonyl (C=O) groups is 2. The molecule has 0 fully saturated rings. The highest BCUT2D eigenvalue weighted by Crippen LogP contribution is 2.13. The van der Waals surface area contributed by atoms with Crippen LogP contribution in [0.4, 0.5) is 0 Å². The Balaban J connectivity index is 2.81. The number of rotatable bonds is 12. The molecular weight excluding hydrogens is 392 g/mol. The fourth-order valence-corrected chi connectivity index (χ4v) is 2.84. The van der Waals surface area contributed by atoms with E-state index >= 15 is 0 Å². The minimum absolute atomic E-state index is 0.0610. The van der Waals surface area contributed by atoms with E-state index in [1.807, 2.05) is 44.2 Å². The largest absolute Gasteiger partial charge is 0.467 e. The van der Waals surface area contributed by atoms with Crippen LogP contribution in [0.1, 0.15) is 26.3 Å². The molecule has 4 atom stereocenters. The summed E-state index contributed by atoms with van der Waals surface area (Å²) in [5.74, 6) is -1.23. The van der Waals surface area contributed by atoms with Gasteiger partial charge in [-0.3, -0.25) is 4.79 Å². The Morgan fingerprint density at radius 1 is 1.10 bits per heavy atom. The summed E-state index contributed by atoms with van der Waals surface area (Å²) in [6.07, 6.45) is -2.78. The van der Waals surface area contributed by atoms with Crippen molar-refractivity contribution in [3.05, 3.63) is 35.9 Å². The van der Waals surface area contributed by atoms with Gasteiger partial charge in [-0.15, -0.1) is 0 Å². The van der Waals surface area contributed by atoms with Crippen molar-refractivity contribution in [3.63, 3.8) is 0 Å². The van der Waals surface area contributed by atoms with Gasteiger partial charge >= 0.3 is 5.97 Å². The first-order valence-corrected chi connectivity index (χ1v) is 9.71. The summed E-state index contributed by atoms with van der Waals surface area (Å²) >= 11 is 0. The number of aliphatic hydroxyl groups is 2. The first-order valence-electron chi connectivity index (χ1n) is 9.71. The van der Waals surface area contributed by atoms with Crippen molar-refractivity contribution in [2.45, 2.75) is 51.5 Å². The third-order valence-electron chi connectivity index (χ3n) is 4.38. The lowest BCUT2D eigenvalue weighted by molar-refractivity contribution is -0.145. The number of methoxy groups -OCH3 is 2. The molecule has 0 aliphatic rings. The third-order valence-corrected chi connectivity index (χ3v) is 4.38. The Kier molecular flexibility index (Phi) is 11.0. The average Bonchev–Trinajstić information content (AvgIpc) is 2.71. The van der Waals surface area contributed by atoms with Crippen LogP contribution in [0.15, 0.2) is 35.5 Å². The zero-order valence-corrected chi connectivity index (χ0v) is 18.1. The number of oxime groups is 1. The molecule has 0 heterocycles. The van der Waals surface area contributed by atoms with Crippen LogP contribution in [0.2, 0.25) is 0 Å². The molecule has 0 aliphatic carbocycles. The number of aliphatic hydroxyl groups excluding tert-OH is 2. The molecule has 9 heteroatoms. The Labute approximate surface area is 177 Å². The molecule has 0 radical (unpaired) electrons. The Morgan fingerprint density at radius 2 is 1.73 bits per heavy atom. The van der Waals surface area contributed by atoms with E-state index in [9.17, 15) is 19.8 Å². The van der Waals surface area contributed by atoms with Gasteiger partial charge in [-0.05, 0) is 18.4 Å². The lowest BCUT2D eigenvalue weighted by atomic mass is 9.96. The van der Waals surface area contributed by atoms with Gasteiger partial charge in [0.2, 0.25) is 0 Å². The lowest BCUT2D eigenvalue weighted by Crippen LogP contribution is -2.45. The van der Waals surface area contributed by atoms with Crippen LogP contribution >= 0.6 is 0 Å². The molecule has 2 unspecified atom stereocenters. The number of esters is 1. The molecule has 0 aromatic heterocycles. The lowest BCUT2D eigenvalue weighted by Gasteiger charge is -2.25. The van der Waals surface area contributed by atoms with Gasteiger partial charge in [0.1, 0.15) is 24.0 Å². The van der Waals surface area contributed by atoms with E-state index in [0.29, 0.717) is 0 Å². The van der Waals surface area contributed by atoms with Crippen LogP contribution < -0.4 is 5.32 Å². The number of ether oxygens (including phenoxy) is 2. The minimum atomic E-state index is -1.32. The molecule has 1 aromatic carbocycles. The van der Waals surface area contributed by atoms with Gasteiger partial charge in [-0.25, -0.2) is 4.79 Å². The fraction of sp³-hybridized carbons (Fsp3) is 0.571. The van der Waals surface area contributed by atoms with Gasteiger partial charge in [-0.2, -0.15) is 0 Å².